The highest BCUT2D eigenvalue weighted by atomic mass is 35.5. The maximum absolute atomic E-state index is 13.1. The number of furan rings is 1. The third-order valence-electron chi connectivity index (χ3n) is 4.13. The Morgan fingerprint density at radius 2 is 1.89 bits per heavy atom. The average molecular weight is 415 g/mol. The van der Waals surface area contributed by atoms with Crippen molar-refractivity contribution < 1.29 is 18.4 Å². The summed E-state index contributed by atoms with van der Waals surface area (Å²) in [6.45, 7) is 1.79. The van der Waals surface area contributed by atoms with Crippen molar-refractivity contribution in [2.45, 2.75) is 6.92 Å². The summed E-state index contributed by atoms with van der Waals surface area (Å²) >= 11 is 12.1. The van der Waals surface area contributed by atoms with Crippen LogP contribution in [0.15, 0.2) is 68.4 Å². The summed E-state index contributed by atoms with van der Waals surface area (Å²) in [6.07, 6.45) is 1.43. The molecule has 2 aromatic carbocycles. The maximum Gasteiger partial charge on any atom is 0.343 e. The van der Waals surface area contributed by atoms with Gasteiger partial charge >= 0.3 is 5.97 Å². The molecule has 0 N–H and O–H groups in total. The molecule has 0 spiro atoms. The topological polar surface area (TPSA) is 69.7 Å². The molecule has 0 fully saturated rings. The second kappa shape index (κ2) is 7.19. The molecule has 0 unspecified atom stereocenters. The molecule has 2 heterocycles. The van der Waals surface area contributed by atoms with Gasteiger partial charge in [-0.05, 0) is 55.0 Å². The molecule has 5 nitrogen and oxygen atoms in total. The van der Waals surface area contributed by atoms with Crippen molar-refractivity contribution in [2.75, 3.05) is 0 Å². The number of carbonyl (C=O) groups excluding carboxylic acids is 1. The van der Waals surface area contributed by atoms with E-state index in [0.717, 1.165) is 5.56 Å². The molecule has 28 heavy (non-hydrogen) atoms. The Bertz CT molecular complexity index is 1260. The molecular weight excluding hydrogens is 403 g/mol. The van der Waals surface area contributed by atoms with Gasteiger partial charge in [0.25, 0.3) is 0 Å². The van der Waals surface area contributed by atoms with Gasteiger partial charge in [-0.1, -0.05) is 29.3 Å². The van der Waals surface area contributed by atoms with E-state index in [1.807, 2.05) is 0 Å². The number of benzene rings is 2. The minimum atomic E-state index is -0.750. The molecule has 4 aromatic rings. The number of halogens is 2. The standard InChI is InChI=1S/C21H12Cl2O5/c1-11-8-17-14(10-15(11)23)18(24)20(19(27-17)16-6-3-7-26-16)28-21(25)12-4-2-5-13(22)9-12/h2-10H,1H3. The van der Waals surface area contributed by atoms with Gasteiger partial charge in [0.1, 0.15) is 5.58 Å². The Morgan fingerprint density at radius 1 is 1.07 bits per heavy atom. The first-order valence-electron chi connectivity index (χ1n) is 8.22. The fraction of sp³-hybridized carbons (Fsp3) is 0.0476. The van der Waals surface area contributed by atoms with Gasteiger partial charge in [0, 0.05) is 10.0 Å². The number of carbonyl (C=O) groups is 1. The zero-order valence-corrected chi connectivity index (χ0v) is 16.0. The van der Waals surface area contributed by atoms with E-state index in [2.05, 4.69) is 0 Å². The third kappa shape index (κ3) is 3.30. The van der Waals surface area contributed by atoms with Crippen LogP contribution in [-0.4, -0.2) is 5.97 Å². The van der Waals surface area contributed by atoms with Gasteiger partial charge in [-0.15, -0.1) is 0 Å². The average Bonchev–Trinajstić information content (AvgIpc) is 3.20. The first-order chi connectivity index (χ1) is 13.4. The zero-order chi connectivity index (χ0) is 19.8. The molecule has 140 valence electrons. The first kappa shape index (κ1) is 18.3. The van der Waals surface area contributed by atoms with Gasteiger partial charge in [-0.3, -0.25) is 4.79 Å². The fourth-order valence-electron chi connectivity index (χ4n) is 2.73. The molecule has 0 aliphatic carbocycles. The molecule has 0 saturated carbocycles. The number of hydrogen-bond acceptors (Lipinski definition) is 5. The summed E-state index contributed by atoms with van der Waals surface area (Å²) in [7, 11) is 0. The zero-order valence-electron chi connectivity index (χ0n) is 14.5. The molecule has 0 aliphatic rings. The van der Waals surface area contributed by atoms with Crippen LogP contribution in [0.5, 0.6) is 5.75 Å². The van der Waals surface area contributed by atoms with E-state index in [9.17, 15) is 9.59 Å². The highest BCUT2D eigenvalue weighted by molar-refractivity contribution is 6.32. The lowest BCUT2D eigenvalue weighted by Crippen LogP contribution is -2.16. The number of aryl methyl sites for hydroxylation is 1. The highest BCUT2D eigenvalue weighted by Crippen LogP contribution is 2.33. The Kier molecular flexibility index (Phi) is 4.71. The van der Waals surface area contributed by atoms with E-state index in [0.29, 0.717) is 15.6 Å². The molecule has 2 aromatic heterocycles. The molecule has 0 saturated heterocycles. The van der Waals surface area contributed by atoms with Crippen LogP contribution in [0.4, 0.5) is 0 Å². The van der Waals surface area contributed by atoms with Crippen molar-refractivity contribution in [1.82, 2.24) is 0 Å². The van der Waals surface area contributed by atoms with Gasteiger partial charge < -0.3 is 13.6 Å². The number of rotatable bonds is 3. The van der Waals surface area contributed by atoms with Crippen LogP contribution >= 0.6 is 23.2 Å². The van der Waals surface area contributed by atoms with Crippen LogP contribution in [0.1, 0.15) is 15.9 Å². The molecular formula is C21H12Cl2O5. The number of esters is 1. The lowest BCUT2D eigenvalue weighted by Gasteiger charge is -2.10. The smallest absolute Gasteiger partial charge is 0.343 e. The van der Waals surface area contributed by atoms with Gasteiger partial charge in [0.2, 0.25) is 16.9 Å². The predicted octanol–water partition coefficient (Wildman–Crippen LogP) is 5.89. The minimum absolute atomic E-state index is 0.0135. The van der Waals surface area contributed by atoms with Crippen LogP contribution in [0.2, 0.25) is 10.0 Å². The Balaban J connectivity index is 1.91. The van der Waals surface area contributed by atoms with E-state index < -0.39 is 11.4 Å². The molecule has 0 aliphatic heterocycles. The van der Waals surface area contributed by atoms with Gasteiger partial charge in [-0.25, -0.2) is 4.79 Å². The summed E-state index contributed by atoms with van der Waals surface area (Å²) in [5.41, 5.74) is 0.705. The molecule has 0 bridgehead atoms. The van der Waals surface area contributed by atoms with E-state index in [-0.39, 0.29) is 28.2 Å². The van der Waals surface area contributed by atoms with Crippen LogP contribution < -0.4 is 10.2 Å². The molecule has 4 rings (SSSR count). The fourth-order valence-corrected chi connectivity index (χ4v) is 3.08. The lowest BCUT2D eigenvalue weighted by atomic mass is 10.1. The molecule has 0 atom stereocenters. The maximum atomic E-state index is 13.1. The Morgan fingerprint density at radius 3 is 2.61 bits per heavy atom. The summed E-state index contributed by atoms with van der Waals surface area (Å²) in [5.74, 6) is -0.771. The summed E-state index contributed by atoms with van der Waals surface area (Å²) in [4.78, 5) is 25.7. The van der Waals surface area contributed by atoms with Gasteiger partial charge in [-0.2, -0.15) is 0 Å². The third-order valence-corrected chi connectivity index (χ3v) is 4.77. The summed E-state index contributed by atoms with van der Waals surface area (Å²) in [5, 5.41) is 0.964. The quantitative estimate of drug-likeness (QED) is 0.391. The molecule has 7 heteroatoms. The second-order valence-electron chi connectivity index (χ2n) is 6.06. The lowest BCUT2D eigenvalue weighted by molar-refractivity contribution is 0.0731. The number of ether oxygens (including phenoxy) is 1. The van der Waals surface area contributed by atoms with Crippen LogP contribution in [0, 0.1) is 6.92 Å². The van der Waals surface area contributed by atoms with E-state index in [1.165, 1.54) is 24.5 Å². The minimum Gasteiger partial charge on any atom is -0.461 e. The number of hydrogen-bond donors (Lipinski definition) is 0. The number of fused-ring (bicyclic) bond motifs is 1. The van der Waals surface area contributed by atoms with Crippen molar-refractivity contribution in [3.8, 4) is 17.3 Å². The van der Waals surface area contributed by atoms with Crippen molar-refractivity contribution in [1.29, 1.82) is 0 Å². The van der Waals surface area contributed by atoms with Crippen molar-refractivity contribution in [3.63, 3.8) is 0 Å². The van der Waals surface area contributed by atoms with Gasteiger partial charge in [0.05, 0.1) is 17.2 Å². The monoisotopic (exact) mass is 414 g/mol. The van der Waals surface area contributed by atoms with Crippen LogP contribution in [-0.2, 0) is 0 Å². The van der Waals surface area contributed by atoms with Crippen molar-refractivity contribution in [3.05, 3.63) is 86.2 Å². The van der Waals surface area contributed by atoms with E-state index in [1.54, 1.807) is 37.3 Å². The molecule has 0 amide bonds. The van der Waals surface area contributed by atoms with E-state index in [4.69, 9.17) is 36.8 Å². The van der Waals surface area contributed by atoms with Crippen LogP contribution in [0.25, 0.3) is 22.5 Å². The molecule has 0 radical (unpaired) electrons. The van der Waals surface area contributed by atoms with E-state index >= 15 is 0 Å². The Hall–Kier alpha value is -3.02. The van der Waals surface area contributed by atoms with Gasteiger partial charge in [0.15, 0.2) is 5.76 Å². The highest BCUT2D eigenvalue weighted by Gasteiger charge is 2.23. The normalized spacial score (nSPS) is 11.0. The largest absolute Gasteiger partial charge is 0.461 e. The second-order valence-corrected chi connectivity index (χ2v) is 6.91. The van der Waals surface area contributed by atoms with Crippen LogP contribution in [0.3, 0.4) is 0 Å². The van der Waals surface area contributed by atoms with Crippen molar-refractivity contribution >= 4 is 40.1 Å². The van der Waals surface area contributed by atoms with Crippen molar-refractivity contribution in [2.24, 2.45) is 0 Å². The SMILES string of the molecule is Cc1cc2oc(-c3ccco3)c(OC(=O)c3cccc(Cl)c3)c(=O)c2cc1Cl. The predicted molar refractivity (Wildman–Crippen MR) is 106 cm³/mol. The summed E-state index contributed by atoms with van der Waals surface area (Å²) in [6, 6.07) is 12.6. The Labute approximate surface area is 169 Å². The summed E-state index contributed by atoms with van der Waals surface area (Å²) < 4.78 is 16.6. The first-order valence-corrected chi connectivity index (χ1v) is 8.98.